The molecule has 32 heavy (non-hydrogen) atoms. The van der Waals surface area contributed by atoms with Crippen LogP contribution < -0.4 is 10.9 Å². The molecule has 1 amide bonds. The molecule has 0 unspecified atom stereocenters. The minimum Gasteiger partial charge on any atom is -0.394 e. The summed E-state index contributed by atoms with van der Waals surface area (Å²) in [4.78, 5) is 30.9. The third-order valence-corrected chi connectivity index (χ3v) is 4.88. The van der Waals surface area contributed by atoms with Gasteiger partial charge in [0.15, 0.2) is 0 Å². The summed E-state index contributed by atoms with van der Waals surface area (Å²) in [6.07, 6.45) is -5.22. The zero-order valence-electron chi connectivity index (χ0n) is 16.5. The summed E-state index contributed by atoms with van der Waals surface area (Å²) in [7, 11) is 0. The first-order valence-electron chi connectivity index (χ1n) is 9.24. The number of halogens is 4. The Morgan fingerprint density at radius 2 is 2.03 bits per heavy atom. The van der Waals surface area contributed by atoms with Gasteiger partial charge in [0.2, 0.25) is 5.91 Å². The van der Waals surface area contributed by atoms with E-state index in [-0.39, 0.29) is 33.3 Å². The van der Waals surface area contributed by atoms with Gasteiger partial charge in [-0.3, -0.25) is 9.59 Å². The molecule has 7 nitrogen and oxygen atoms in total. The second kappa shape index (κ2) is 8.76. The number of carbonyl (C=O) groups excluding carboxylic acids is 1. The van der Waals surface area contributed by atoms with Crippen LogP contribution in [0.3, 0.4) is 0 Å². The monoisotopic (exact) mass is 448 g/mol. The number of benzene rings is 1. The SMILES string of the molecule is Cc1c(CC(=O)N[C@@H](CO)c2ccc(C#N)cc2F)c(=O)[nH]c2ccc(C(F)(F)F)nc12. The highest BCUT2D eigenvalue weighted by Gasteiger charge is 2.33. The second-order valence-corrected chi connectivity index (χ2v) is 6.98. The van der Waals surface area contributed by atoms with Crippen molar-refractivity contribution in [2.75, 3.05) is 6.61 Å². The van der Waals surface area contributed by atoms with Crippen molar-refractivity contribution in [2.45, 2.75) is 25.6 Å². The maximum atomic E-state index is 14.2. The van der Waals surface area contributed by atoms with Crippen molar-refractivity contribution >= 4 is 16.9 Å². The molecule has 0 saturated carbocycles. The zero-order valence-corrected chi connectivity index (χ0v) is 16.5. The Bertz CT molecular complexity index is 1300. The van der Waals surface area contributed by atoms with Gasteiger partial charge in [-0.25, -0.2) is 9.37 Å². The number of nitrogens with zero attached hydrogens (tertiary/aromatic N) is 2. The molecule has 0 bridgehead atoms. The lowest BCUT2D eigenvalue weighted by molar-refractivity contribution is -0.141. The molecule has 0 aliphatic rings. The molecule has 3 rings (SSSR count). The zero-order chi connectivity index (χ0) is 23.6. The summed E-state index contributed by atoms with van der Waals surface area (Å²) >= 11 is 0. The largest absolute Gasteiger partial charge is 0.433 e. The molecule has 0 spiro atoms. The van der Waals surface area contributed by atoms with Crippen LogP contribution in [0, 0.1) is 24.1 Å². The summed E-state index contributed by atoms with van der Waals surface area (Å²) in [6, 6.07) is 5.93. The predicted molar refractivity (Wildman–Crippen MR) is 105 cm³/mol. The lowest BCUT2D eigenvalue weighted by Crippen LogP contribution is -2.34. The van der Waals surface area contributed by atoms with Crippen molar-refractivity contribution in [1.82, 2.24) is 15.3 Å². The fourth-order valence-corrected chi connectivity index (χ4v) is 3.23. The van der Waals surface area contributed by atoms with E-state index in [0.717, 1.165) is 18.2 Å². The first-order valence-corrected chi connectivity index (χ1v) is 9.24. The Balaban J connectivity index is 1.90. The van der Waals surface area contributed by atoms with Gasteiger partial charge in [0, 0.05) is 11.1 Å². The highest BCUT2D eigenvalue weighted by molar-refractivity contribution is 5.83. The van der Waals surface area contributed by atoms with Crippen molar-refractivity contribution in [1.29, 1.82) is 5.26 Å². The number of aromatic nitrogens is 2. The highest BCUT2D eigenvalue weighted by Crippen LogP contribution is 2.29. The second-order valence-electron chi connectivity index (χ2n) is 6.98. The summed E-state index contributed by atoms with van der Waals surface area (Å²) < 4.78 is 53.2. The molecule has 0 aliphatic heterocycles. The molecule has 11 heteroatoms. The van der Waals surface area contributed by atoms with Crippen LogP contribution in [0.4, 0.5) is 17.6 Å². The number of nitriles is 1. The van der Waals surface area contributed by atoms with Crippen molar-refractivity contribution in [2.24, 2.45) is 0 Å². The van der Waals surface area contributed by atoms with Crippen molar-refractivity contribution in [3.63, 3.8) is 0 Å². The van der Waals surface area contributed by atoms with Crippen LogP contribution in [0.15, 0.2) is 35.1 Å². The maximum Gasteiger partial charge on any atom is 0.433 e. The molecular weight excluding hydrogens is 432 g/mol. The minimum absolute atomic E-state index is 0.0540. The quantitative estimate of drug-likeness (QED) is 0.519. The first kappa shape index (κ1) is 22.9. The number of amides is 1. The topological polar surface area (TPSA) is 119 Å². The Morgan fingerprint density at radius 1 is 1.31 bits per heavy atom. The van der Waals surface area contributed by atoms with Gasteiger partial charge in [-0.15, -0.1) is 0 Å². The van der Waals surface area contributed by atoms with E-state index in [4.69, 9.17) is 5.26 Å². The number of rotatable bonds is 5. The van der Waals surface area contributed by atoms with Crippen LogP contribution in [-0.4, -0.2) is 27.6 Å². The Hall–Kier alpha value is -3.78. The van der Waals surface area contributed by atoms with E-state index in [2.05, 4.69) is 15.3 Å². The van der Waals surface area contributed by atoms with E-state index >= 15 is 0 Å². The van der Waals surface area contributed by atoms with Gasteiger partial charge < -0.3 is 15.4 Å². The molecular formula is C21H16F4N4O3. The molecule has 0 radical (unpaired) electrons. The molecule has 1 aromatic carbocycles. The molecule has 3 N–H and O–H groups in total. The number of carbonyl (C=O) groups is 1. The van der Waals surface area contributed by atoms with Gasteiger partial charge in [0.05, 0.1) is 41.7 Å². The summed E-state index contributed by atoms with van der Waals surface area (Å²) in [6.45, 7) is 0.704. The maximum absolute atomic E-state index is 14.2. The predicted octanol–water partition coefficient (Wildman–Crippen LogP) is 2.65. The summed E-state index contributed by atoms with van der Waals surface area (Å²) in [5.41, 5.74) is -1.90. The minimum atomic E-state index is -4.69. The molecule has 1 atom stereocenters. The summed E-state index contributed by atoms with van der Waals surface area (Å²) in [5.74, 6) is -1.58. The number of nitrogens with one attached hydrogen (secondary N) is 2. The lowest BCUT2D eigenvalue weighted by atomic mass is 10.0. The molecule has 0 aliphatic carbocycles. The fraction of sp³-hybridized carbons (Fsp3) is 0.238. The Labute approximate surface area is 178 Å². The molecule has 2 heterocycles. The first-order chi connectivity index (χ1) is 15.0. The van der Waals surface area contributed by atoms with E-state index < -0.39 is 48.2 Å². The number of aliphatic hydroxyl groups is 1. The van der Waals surface area contributed by atoms with E-state index in [1.807, 2.05) is 0 Å². The standard InChI is InChI=1S/C21H16F4N4O3/c1-10-13(20(32)28-15-4-5-17(21(23,24)25)29-19(10)15)7-18(31)27-16(9-30)12-3-2-11(8-26)6-14(12)22/h2-6,16,30H,7,9H2,1H3,(H,27,31)(H,28,32)/t16-/m0/s1. The van der Waals surface area contributed by atoms with Crippen molar-refractivity contribution in [3.05, 3.63) is 74.5 Å². The van der Waals surface area contributed by atoms with Gasteiger partial charge in [-0.1, -0.05) is 6.07 Å². The van der Waals surface area contributed by atoms with Crippen LogP contribution in [0.2, 0.25) is 0 Å². The number of hydrogen-bond acceptors (Lipinski definition) is 5. The summed E-state index contributed by atoms with van der Waals surface area (Å²) in [5, 5.41) is 20.8. The number of aromatic amines is 1. The average Bonchev–Trinajstić information content (AvgIpc) is 2.74. The van der Waals surface area contributed by atoms with Crippen LogP contribution >= 0.6 is 0 Å². The van der Waals surface area contributed by atoms with E-state index in [1.54, 1.807) is 6.07 Å². The van der Waals surface area contributed by atoms with Gasteiger partial charge in [0.25, 0.3) is 5.56 Å². The number of alkyl halides is 3. The van der Waals surface area contributed by atoms with Crippen molar-refractivity contribution in [3.8, 4) is 6.07 Å². The number of fused-ring (bicyclic) bond motifs is 1. The van der Waals surface area contributed by atoms with Crippen LogP contribution in [-0.2, 0) is 17.4 Å². The average molecular weight is 448 g/mol. The number of aliphatic hydroxyl groups excluding tert-OH is 1. The van der Waals surface area contributed by atoms with E-state index in [1.165, 1.54) is 19.1 Å². The number of H-pyrrole nitrogens is 1. The Kier molecular flexibility index (Phi) is 6.27. The van der Waals surface area contributed by atoms with Gasteiger partial charge >= 0.3 is 6.18 Å². The third kappa shape index (κ3) is 4.60. The smallest absolute Gasteiger partial charge is 0.394 e. The lowest BCUT2D eigenvalue weighted by Gasteiger charge is -2.18. The number of aryl methyl sites for hydroxylation is 1. The van der Waals surface area contributed by atoms with E-state index in [0.29, 0.717) is 0 Å². The van der Waals surface area contributed by atoms with Gasteiger partial charge in [-0.2, -0.15) is 18.4 Å². The fourth-order valence-electron chi connectivity index (χ4n) is 3.23. The third-order valence-electron chi connectivity index (χ3n) is 4.88. The Morgan fingerprint density at radius 3 is 2.62 bits per heavy atom. The van der Waals surface area contributed by atoms with Gasteiger partial charge in [0.1, 0.15) is 11.5 Å². The number of pyridine rings is 2. The van der Waals surface area contributed by atoms with E-state index in [9.17, 15) is 32.3 Å². The van der Waals surface area contributed by atoms with Crippen LogP contribution in [0.5, 0.6) is 0 Å². The molecule has 0 saturated heterocycles. The van der Waals surface area contributed by atoms with Gasteiger partial charge in [-0.05, 0) is 36.8 Å². The van der Waals surface area contributed by atoms with Crippen LogP contribution in [0.1, 0.15) is 34.0 Å². The van der Waals surface area contributed by atoms with Crippen molar-refractivity contribution < 1.29 is 27.5 Å². The molecule has 0 fully saturated rings. The normalized spacial score (nSPS) is 12.4. The number of hydrogen-bond donors (Lipinski definition) is 3. The van der Waals surface area contributed by atoms with Crippen LogP contribution in [0.25, 0.3) is 11.0 Å². The molecule has 3 aromatic rings. The highest BCUT2D eigenvalue weighted by atomic mass is 19.4. The molecule has 2 aromatic heterocycles. The molecule has 166 valence electrons.